The molecule has 0 aliphatic carbocycles. The fraction of sp³-hybridized carbons (Fsp3) is 0.0233. The molecule has 0 radical (unpaired) electrons. The number of benzene rings is 5. The van der Waals surface area contributed by atoms with Crippen molar-refractivity contribution in [3.8, 4) is 5.82 Å². The van der Waals surface area contributed by atoms with Crippen LogP contribution >= 0.6 is 0 Å². The maximum atomic E-state index is 5.38. The molecule has 0 unspecified atom stereocenters. The summed E-state index contributed by atoms with van der Waals surface area (Å²) < 4.78 is 4.59. The summed E-state index contributed by atoms with van der Waals surface area (Å²) in [7, 11) is 0. The SMILES string of the molecule is C=C1/C=C\C=C/CN(c2cccc(-n3c4ccccc4c4ccccc43)n2)c2cc3c(cc21)c1ccccc1c1nc2ccccc2n31. The fourth-order valence-corrected chi connectivity index (χ4v) is 7.50. The number of imidazole rings is 1. The Kier molecular flexibility index (Phi) is 5.72. The normalized spacial score (nSPS) is 14.9. The Morgan fingerprint density at radius 1 is 0.542 bits per heavy atom. The Labute approximate surface area is 276 Å². The average molecular weight is 616 g/mol. The third-order valence-corrected chi connectivity index (χ3v) is 9.65. The van der Waals surface area contributed by atoms with Gasteiger partial charge in [0, 0.05) is 33.7 Å². The summed E-state index contributed by atoms with van der Waals surface area (Å²) in [5.74, 6) is 1.74. The van der Waals surface area contributed by atoms with E-state index >= 15 is 0 Å². The molecule has 0 N–H and O–H groups in total. The topological polar surface area (TPSA) is 38.4 Å². The van der Waals surface area contributed by atoms with Crippen LogP contribution in [0, 0.1) is 0 Å². The van der Waals surface area contributed by atoms with E-state index in [0.29, 0.717) is 6.54 Å². The molecule has 226 valence electrons. The molecule has 5 aromatic carbocycles. The third-order valence-electron chi connectivity index (χ3n) is 9.65. The van der Waals surface area contributed by atoms with Crippen LogP contribution in [0.2, 0.25) is 0 Å². The van der Waals surface area contributed by atoms with Gasteiger partial charge in [-0.3, -0.25) is 8.97 Å². The van der Waals surface area contributed by atoms with Crippen LogP contribution in [0.1, 0.15) is 5.56 Å². The van der Waals surface area contributed by atoms with E-state index in [-0.39, 0.29) is 0 Å². The molecule has 1 aliphatic rings. The van der Waals surface area contributed by atoms with Crippen molar-refractivity contribution in [1.82, 2.24) is 18.9 Å². The molecule has 10 rings (SSSR count). The van der Waals surface area contributed by atoms with E-state index in [0.717, 1.165) is 72.5 Å². The molecule has 4 aromatic heterocycles. The van der Waals surface area contributed by atoms with E-state index in [1.807, 2.05) is 0 Å². The van der Waals surface area contributed by atoms with Gasteiger partial charge in [0.25, 0.3) is 0 Å². The minimum Gasteiger partial charge on any atom is -0.322 e. The molecule has 9 aromatic rings. The van der Waals surface area contributed by atoms with Gasteiger partial charge in [0.2, 0.25) is 0 Å². The van der Waals surface area contributed by atoms with Gasteiger partial charge in [-0.1, -0.05) is 110 Å². The van der Waals surface area contributed by atoms with Gasteiger partial charge in [0.05, 0.1) is 33.3 Å². The molecule has 48 heavy (non-hydrogen) atoms. The molecule has 1 aliphatic heterocycles. The summed E-state index contributed by atoms with van der Waals surface area (Å²) in [6.45, 7) is 5.19. The summed E-state index contributed by atoms with van der Waals surface area (Å²) in [4.78, 5) is 12.8. The predicted octanol–water partition coefficient (Wildman–Crippen LogP) is 10.6. The lowest BCUT2D eigenvalue weighted by Crippen LogP contribution is -2.20. The highest BCUT2D eigenvalue weighted by Crippen LogP contribution is 2.41. The van der Waals surface area contributed by atoms with Crippen molar-refractivity contribution >= 4 is 77.2 Å². The first-order chi connectivity index (χ1) is 23.7. The smallest absolute Gasteiger partial charge is 0.146 e. The Morgan fingerprint density at radius 3 is 2.00 bits per heavy atom. The molecular formula is C43H29N5. The Bertz CT molecular complexity index is 2790. The molecule has 0 bridgehead atoms. The molecule has 0 spiro atoms. The summed E-state index contributed by atoms with van der Waals surface area (Å²) in [6.07, 6.45) is 8.45. The van der Waals surface area contributed by atoms with Crippen molar-refractivity contribution in [2.24, 2.45) is 0 Å². The second-order valence-electron chi connectivity index (χ2n) is 12.3. The van der Waals surface area contributed by atoms with Gasteiger partial charge >= 0.3 is 0 Å². The number of pyridine rings is 2. The minimum absolute atomic E-state index is 0.640. The fourth-order valence-electron chi connectivity index (χ4n) is 7.50. The van der Waals surface area contributed by atoms with Crippen LogP contribution in [0.5, 0.6) is 0 Å². The van der Waals surface area contributed by atoms with Gasteiger partial charge in [-0.2, -0.15) is 0 Å². The zero-order chi connectivity index (χ0) is 31.8. The van der Waals surface area contributed by atoms with Crippen LogP contribution in [0.4, 0.5) is 11.5 Å². The number of anilines is 2. The second kappa shape index (κ2) is 10.3. The van der Waals surface area contributed by atoms with Crippen molar-refractivity contribution in [2.75, 3.05) is 11.4 Å². The first-order valence-electron chi connectivity index (χ1n) is 16.3. The van der Waals surface area contributed by atoms with E-state index in [9.17, 15) is 0 Å². The third kappa shape index (κ3) is 3.85. The zero-order valence-electron chi connectivity index (χ0n) is 26.1. The maximum Gasteiger partial charge on any atom is 0.146 e. The van der Waals surface area contributed by atoms with Crippen molar-refractivity contribution in [3.05, 3.63) is 164 Å². The van der Waals surface area contributed by atoms with Crippen LogP contribution < -0.4 is 4.90 Å². The van der Waals surface area contributed by atoms with E-state index in [4.69, 9.17) is 9.97 Å². The summed E-state index contributed by atoms with van der Waals surface area (Å²) >= 11 is 0. The molecule has 0 fully saturated rings. The molecule has 0 atom stereocenters. The van der Waals surface area contributed by atoms with E-state index in [1.54, 1.807) is 0 Å². The quantitative estimate of drug-likeness (QED) is 0.182. The molecular weight excluding hydrogens is 587 g/mol. The van der Waals surface area contributed by atoms with Crippen LogP contribution in [-0.2, 0) is 0 Å². The van der Waals surface area contributed by atoms with E-state index < -0.39 is 0 Å². The number of nitrogens with zero attached hydrogens (tertiary/aromatic N) is 5. The Balaban J connectivity index is 1.27. The van der Waals surface area contributed by atoms with Gasteiger partial charge < -0.3 is 4.90 Å². The van der Waals surface area contributed by atoms with Crippen molar-refractivity contribution in [1.29, 1.82) is 0 Å². The molecule has 5 nitrogen and oxygen atoms in total. The highest BCUT2D eigenvalue weighted by atomic mass is 15.2. The maximum absolute atomic E-state index is 5.38. The predicted molar refractivity (Wildman–Crippen MR) is 201 cm³/mol. The van der Waals surface area contributed by atoms with Crippen molar-refractivity contribution in [3.63, 3.8) is 0 Å². The summed E-state index contributed by atoms with van der Waals surface area (Å²) in [6, 6.07) is 45.0. The molecule has 0 saturated heterocycles. The first-order valence-corrected chi connectivity index (χ1v) is 16.3. The lowest BCUT2D eigenvalue weighted by Gasteiger charge is -2.27. The van der Waals surface area contributed by atoms with Crippen LogP contribution in [0.25, 0.3) is 71.6 Å². The lowest BCUT2D eigenvalue weighted by molar-refractivity contribution is 1.01. The number of allylic oxidation sites excluding steroid dienone is 4. The minimum atomic E-state index is 0.640. The van der Waals surface area contributed by atoms with Gasteiger partial charge in [-0.25, -0.2) is 9.97 Å². The molecule has 0 amide bonds. The van der Waals surface area contributed by atoms with Gasteiger partial charge in [-0.15, -0.1) is 0 Å². The van der Waals surface area contributed by atoms with E-state index in [1.165, 1.54) is 16.2 Å². The Morgan fingerprint density at radius 2 is 1.21 bits per heavy atom. The van der Waals surface area contributed by atoms with Crippen LogP contribution in [0.3, 0.4) is 0 Å². The number of hydrogen-bond donors (Lipinski definition) is 0. The Hall–Kier alpha value is -6.46. The number of hydrogen-bond acceptors (Lipinski definition) is 3. The van der Waals surface area contributed by atoms with Gasteiger partial charge in [-0.05, 0) is 59.5 Å². The summed E-state index contributed by atoms with van der Waals surface area (Å²) in [5, 5.41) is 5.90. The molecule has 0 saturated carbocycles. The number of aromatic nitrogens is 4. The number of rotatable bonds is 2. The number of para-hydroxylation sites is 4. The van der Waals surface area contributed by atoms with Gasteiger partial charge in [0.15, 0.2) is 0 Å². The van der Waals surface area contributed by atoms with Crippen LogP contribution in [-0.4, -0.2) is 25.5 Å². The monoisotopic (exact) mass is 615 g/mol. The van der Waals surface area contributed by atoms with Crippen molar-refractivity contribution < 1.29 is 0 Å². The summed E-state index contributed by atoms with van der Waals surface area (Å²) in [5.41, 5.74) is 9.45. The van der Waals surface area contributed by atoms with Crippen molar-refractivity contribution in [2.45, 2.75) is 0 Å². The zero-order valence-corrected chi connectivity index (χ0v) is 26.1. The standard InChI is InChI=1S/C43H29N5/c1-28-14-3-2-12-25-46(41-23-13-24-42(45-41)47-36-20-9-6-16-30(36)31-17-7-10-21-37(31)47)39-27-40-34(26-33(28)39)29-15-4-5-18-32(29)43-44-35-19-8-11-22-38(35)48(40)43/h2-24,26-27H,1,25H2/b12-2-,14-3-. The lowest BCUT2D eigenvalue weighted by atomic mass is 9.97. The van der Waals surface area contributed by atoms with Gasteiger partial charge in [0.1, 0.15) is 17.3 Å². The largest absolute Gasteiger partial charge is 0.322 e. The average Bonchev–Trinajstić information content (AvgIpc) is 3.71. The second-order valence-corrected chi connectivity index (χ2v) is 12.3. The van der Waals surface area contributed by atoms with Crippen LogP contribution in [0.15, 0.2) is 158 Å². The van der Waals surface area contributed by atoms with E-state index in [2.05, 4.69) is 172 Å². The molecule has 5 heteroatoms. The molecule has 5 heterocycles. The highest BCUT2D eigenvalue weighted by Gasteiger charge is 2.22. The number of fused-ring (bicyclic) bond motifs is 12. The first kappa shape index (κ1) is 26.7. The highest BCUT2D eigenvalue weighted by molar-refractivity contribution is 6.15.